The Morgan fingerprint density at radius 2 is 1.53 bits per heavy atom. The topological polar surface area (TPSA) is 101 Å². The number of fused-ring (bicyclic) bond motifs is 1. The summed E-state index contributed by atoms with van der Waals surface area (Å²) in [6.07, 6.45) is 1.56. The molecule has 1 aromatic heterocycles. The second-order valence-corrected chi connectivity index (χ2v) is 10.7. The number of ether oxygens (including phenoxy) is 2. The summed E-state index contributed by atoms with van der Waals surface area (Å²) >= 11 is 26.0. The largest absolute Gasteiger partial charge is 0.463 e. The quantitative estimate of drug-likeness (QED) is 0.409. The number of thiazole rings is 1. The second-order valence-electron chi connectivity index (χ2n) is 7.97. The Kier molecular flexibility index (Phi) is 8.59. The first-order chi connectivity index (χ1) is 18.1. The van der Waals surface area contributed by atoms with Crippen LogP contribution in [0.2, 0.25) is 20.1 Å². The fourth-order valence-electron chi connectivity index (χ4n) is 4.07. The van der Waals surface area contributed by atoms with Gasteiger partial charge in [0.05, 0.1) is 34.8 Å². The molecule has 0 amide bonds. The number of hydrogen-bond donors (Lipinski definition) is 1. The summed E-state index contributed by atoms with van der Waals surface area (Å²) in [6.45, 7) is 3.35. The van der Waals surface area contributed by atoms with Crippen molar-refractivity contribution < 1.29 is 19.1 Å². The highest BCUT2D eigenvalue weighted by Crippen LogP contribution is 2.41. The van der Waals surface area contributed by atoms with Gasteiger partial charge in [-0.15, -0.1) is 11.3 Å². The van der Waals surface area contributed by atoms with Crippen LogP contribution in [0.1, 0.15) is 30.9 Å². The summed E-state index contributed by atoms with van der Waals surface area (Å²) in [7, 11) is 0. The average Bonchev–Trinajstić information content (AvgIpc) is 3.17. The predicted molar refractivity (Wildman–Crippen MR) is 151 cm³/mol. The Balaban J connectivity index is 2.15. The van der Waals surface area contributed by atoms with Crippen molar-refractivity contribution in [3.8, 4) is 0 Å². The molecule has 1 aliphatic heterocycles. The van der Waals surface area contributed by atoms with Crippen molar-refractivity contribution in [1.82, 2.24) is 4.57 Å². The van der Waals surface area contributed by atoms with E-state index in [1.807, 2.05) is 0 Å². The number of carbonyl (C=O) groups excluding carboxylic acids is 2. The van der Waals surface area contributed by atoms with Crippen molar-refractivity contribution in [2.75, 3.05) is 13.2 Å². The molecule has 3 aromatic rings. The molecule has 2 aromatic carbocycles. The lowest BCUT2D eigenvalue weighted by Gasteiger charge is -2.27. The number of rotatable bonds is 6. The molecule has 7 nitrogen and oxygen atoms in total. The van der Waals surface area contributed by atoms with Crippen molar-refractivity contribution in [3.05, 3.63) is 92.7 Å². The molecule has 0 fully saturated rings. The van der Waals surface area contributed by atoms with Crippen LogP contribution in [0.3, 0.4) is 0 Å². The van der Waals surface area contributed by atoms with Crippen molar-refractivity contribution in [2.45, 2.75) is 19.8 Å². The molecule has 2 heterocycles. The molecule has 0 saturated carbocycles. The molecule has 1 aliphatic rings. The molecule has 0 aliphatic carbocycles. The fourth-order valence-corrected chi connectivity index (χ4v) is 6.21. The van der Waals surface area contributed by atoms with Crippen molar-refractivity contribution in [1.29, 1.82) is 0 Å². The van der Waals surface area contributed by atoms with Gasteiger partial charge in [0.25, 0.3) is 5.56 Å². The average molecular weight is 614 g/mol. The Hall–Kier alpha value is -2.75. The highest BCUT2D eigenvalue weighted by molar-refractivity contribution is 7.07. The van der Waals surface area contributed by atoms with E-state index in [1.165, 1.54) is 6.07 Å². The lowest BCUT2D eigenvalue weighted by Crippen LogP contribution is -2.42. The molecular formula is C26H20Cl4N2O5S. The van der Waals surface area contributed by atoms with Crippen LogP contribution in [-0.4, -0.2) is 29.7 Å². The number of aromatic nitrogens is 1. The van der Waals surface area contributed by atoms with E-state index in [-0.39, 0.29) is 44.4 Å². The molecule has 4 rings (SSSR count). The molecule has 0 radical (unpaired) electrons. The molecule has 0 spiro atoms. The number of esters is 2. The molecule has 12 heteroatoms. The van der Waals surface area contributed by atoms with Gasteiger partial charge in [-0.2, -0.15) is 0 Å². The number of benzene rings is 2. The molecule has 0 saturated heterocycles. The molecular weight excluding hydrogens is 594 g/mol. The van der Waals surface area contributed by atoms with E-state index in [2.05, 4.69) is 0 Å². The molecule has 198 valence electrons. The molecule has 2 N–H and O–H groups in total. The van der Waals surface area contributed by atoms with E-state index >= 15 is 0 Å². The minimum absolute atomic E-state index is 0.0114. The molecule has 1 atom stereocenters. The molecule has 38 heavy (non-hydrogen) atoms. The highest BCUT2D eigenvalue weighted by atomic mass is 35.5. The van der Waals surface area contributed by atoms with Crippen LogP contribution in [0.5, 0.6) is 0 Å². The fraction of sp³-hybridized carbons (Fsp3) is 0.192. The van der Waals surface area contributed by atoms with E-state index in [9.17, 15) is 14.4 Å². The Bertz CT molecular complexity index is 1680. The zero-order valence-corrected chi connectivity index (χ0v) is 23.9. The Morgan fingerprint density at radius 1 is 0.947 bits per heavy atom. The van der Waals surface area contributed by atoms with Gasteiger partial charge in [-0.25, -0.2) is 9.59 Å². The third-order valence-electron chi connectivity index (χ3n) is 5.66. The lowest BCUT2D eigenvalue weighted by molar-refractivity contribution is -0.138. The van der Waals surface area contributed by atoms with Crippen LogP contribution in [0.15, 0.2) is 46.8 Å². The summed E-state index contributed by atoms with van der Waals surface area (Å²) < 4.78 is 12.1. The smallest absolute Gasteiger partial charge is 0.338 e. The monoisotopic (exact) mass is 612 g/mol. The van der Waals surface area contributed by atoms with Gasteiger partial charge in [0.2, 0.25) is 0 Å². The van der Waals surface area contributed by atoms with E-state index in [1.54, 1.807) is 50.3 Å². The van der Waals surface area contributed by atoms with Gasteiger partial charge >= 0.3 is 11.9 Å². The van der Waals surface area contributed by atoms with E-state index in [4.69, 9.17) is 61.6 Å². The number of halogens is 4. The van der Waals surface area contributed by atoms with Crippen LogP contribution >= 0.6 is 57.7 Å². The first-order valence-electron chi connectivity index (χ1n) is 11.3. The summed E-state index contributed by atoms with van der Waals surface area (Å²) in [5.41, 5.74) is 6.70. The maximum atomic E-state index is 13.6. The Labute approximate surface area is 241 Å². The van der Waals surface area contributed by atoms with Crippen LogP contribution in [0.4, 0.5) is 0 Å². The van der Waals surface area contributed by atoms with E-state index < -0.39 is 23.4 Å². The summed E-state index contributed by atoms with van der Waals surface area (Å²) in [4.78, 5) is 40.3. The normalized spacial score (nSPS) is 15.5. The third kappa shape index (κ3) is 5.24. The minimum atomic E-state index is -1.09. The number of hydrogen-bond acceptors (Lipinski definition) is 7. The predicted octanol–water partition coefficient (Wildman–Crippen LogP) is 4.55. The van der Waals surface area contributed by atoms with Crippen LogP contribution in [-0.2, 0) is 19.1 Å². The first kappa shape index (κ1) is 28.3. The number of nitrogens with zero attached hydrogens (tertiary/aromatic N) is 1. The summed E-state index contributed by atoms with van der Waals surface area (Å²) in [6, 6.07) is 9.47. The van der Waals surface area contributed by atoms with Crippen molar-refractivity contribution in [2.24, 2.45) is 5.73 Å². The van der Waals surface area contributed by atoms with Crippen LogP contribution in [0.25, 0.3) is 17.5 Å². The summed E-state index contributed by atoms with van der Waals surface area (Å²) in [5, 5.41) is 1.29. The SMILES string of the molecule is CCOC(=O)C1=C(N)n2c(sc(=Cc3ccc(Cl)cc3Cl)c2=O)=C(C(=O)OCC)C1c1ccc(Cl)cc1Cl. The zero-order valence-electron chi connectivity index (χ0n) is 20.0. The van der Waals surface area contributed by atoms with Crippen LogP contribution < -0.4 is 20.5 Å². The maximum absolute atomic E-state index is 13.6. The minimum Gasteiger partial charge on any atom is -0.463 e. The maximum Gasteiger partial charge on any atom is 0.338 e. The van der Waals surface area contributed by atoms with Gasteiger partial charge in [0, 0.05) is 20.1 Å². The van der Waals surface area contributed by atoms with Gasteiger partial charge in [-0.05, 0) is 55.3 Å². The van der Waals surface area contributed by atoms with Crippen molar-refractivity contribution in [3.63, 3.8) is 0 Å². The lowest BCUT2D eigenvalue weighted by atomic mass is 9.83. The van der Waals surface area contributed by atoms with E-state index in [0.29, 0.717) is 26.2 Å². The van der Waals surface area contributed by atoms with Gasteiger partial charge < -0.3 is 15.2 Å². The van der Waals surface area contributed by atoms with Gasteiger partial charge in [0.1, 0.15) is 10.5 Å². The second kappa shape index (κ2) is 11.6. The highest BCUT2D eigenvalue weighted by Gasteiger charge is 2.40. The zero-order chi connectivity index (χ0) is 27.7. The van der Waals surface area contributed by atoms with Gasteiger partial charge in [0.15, 0.2) is 0 Å². The summed E-state index contributed by atoms with van der Waals surface area (Å²) in [5.74, 6) is -2.84. The van der Waals surface area contributed by atoms with Gasteiger partial charge in [-0.3, -0.25) is 9.36 Å². The molecule has 1 unspecified atom stereocenters. The third-order valence-corrected chi connectivity index (χ3v) is 7.89. The van der Waals surface area contributed by atoms with Gasteiger partial charge in [-0.1, -0.05) is 58.5 Å². The number of nitrogens with two attached hydrogens (primary N) is 1. The van der Waals surface area contributed by atoms with E-state index in [0.717, 1.165) is 15.9 Å². The standard InChI is InChI=1S/C26H20Cl4N2O5S/c1-3-36-25(34)20-19(15-8-7-14(28)11-17(15)30)21(26(35)37-4-2)24-32(22(20)31)23(33)18(38-24)9-12-5-6-13(27)10-16(12)29/h5-11,19H,3-4,31H2,1-2H3. The number of carbonyl (C=O) groups is 2. The Morgan fingerprint density at radius 3 is 2.11 bits per heavy atom. The van der Waals surface area contributed by atoms with Crippen LogP contribution in [0, 0.1) is 0 Å². The first-order valence-corrected chi connectivity index (χ1v) is 13.6. The molecule has 0 bridgehead atoms. The van der Waals surface area contributed by atoms with Crippen molar-refractivity contribution >= 4 is 87.1 Å².